The number of hydrogen-bond acceptors (Lipinski definition) is 5. The zero-order chi connectivity index (χ0) is 18.5. The number of carbonyl (C=O) groups is 1. The van der Waals surface area contributed by atoms with Crippen LogP contribution in [0.5, 0.6) is 0 Å². The summed E-state index contributed by atoms with van der Waals surface area (Å²) in [6.45, 7) is 0.896. The molecular weight excluding hydrogens is 408 g/mol. The van der Waals surface area contributed by atoms with Gasteiger partial charge < -0.3 is 0 Å². The Balaban J connectivity index is 1.55. The van der Waals surface area contributed by atoms with Crippen molar-refractivity contribution in [3.8, 4) is 11.3 Å². The standard InChI is InChI=1S/C19H15AsFN5O/c20-18-12-7-24-17(26-19(27)11-5-14(11)21)4-9(12)3-15(25-18)13-6-22-8-16-10(13)1-2-23-16/h3-4,6-8,11,14,23H,1-2,5H2,(H,24,26,27)/t11-,14+/m1/s1. The Labute approximate surface area is 163 Å². The minimum absolute atomic E-state index is 0.296. The van der Waals surface area contributed by atoms with Crippen molar-refractivity contribution in [3.05, 3.63) is 36.3 Å². The van der Waals surface area contributed by atoms with Crippen LogP contribution < -0.4 is 15.1 Å². The number of pyridine rings is 3. The van der Waals surface area contributed by atoms with E-state index in [9.17, 15) is 9.18 Å². The van der Waals surface area contributed by atoms with E-state index in [0.717, 1.165) is 45.2 Å². The van der Waals surface area contributed by atoms with Crippen molar-refractivity contribution in [2.75, 3.05) is 17.2 Å². The number of amides is 1. The molecule has 2 N–H and O–H groups in total. The third-order valence-corrected chi connectivity index (χ3v) is 5.74. The molecule has 0 aromatic carbocycles. The molecule has 27 heavy (non-hydrogen) atoms. The molecule has 2 atom stereocenters. The fourth-order valence-electron chi connectivity index (χ4n) is 3.44. The van der Waals surface area contributed by atoms with Gasteiger partial charge >= 0.3 is 163 Å². The van der Waals surface area contributed by atoms with Crippen LogP contribution in [0, 0.1) is 5.92 Å². The minimum atomic E-state index is -1.03. The molecule has 5 rings (SSSR count). The van der Waals surface area contributed by atoms with Gasteiger partial charge in [0.25, 0.3) is 0 Å². The average molecular weight is 423 g/mol. The van der Waals surface area contributed by atoms with Crippen molar-refractivity contribution >= 4 is 49.5 Å². The first-order chi connectivity index (χ1) is 13.1. The van der Waals surface area contributed by atoms with Crippen molar-refractivity contribution in [3.63, 3.8) is 0 Å². The number of rotatable bonds is 3. The van der Waals surface area contributed by atoms with Crippen LogP contribution in [0.3, 0.4) is 0 Å². The van der Waals surface area contributed by atoms with Gasteiger partial charge in [-0.3, -0.25) is 0 Å². The Bertz CT molecular complexity index is 1090. The van der Waals surface area contributed by atoms with Crippen LogP contribution in [-0.4, -0.2) is 50.4 Å². The summed E-state index contributed by atoms with van der Waals surface area (Å²) in [6.07, 6.45) is 5.56. The Hall–Kier alpha value is -2.53. The van der Waals surface area contributed by atoms with Crippen molar-refractivity contribution < 1.29 is 9.18 Å². The molecular formula is C19H15AsFN5O. The second kappa shape index (κ2) is 6.27. The van der Waals surface area contributed by atoms with Crippen LogP contribution >= 0.6 is 0 Å². The summed E-state index contributed by atoms with van der Waals surface area (Å²) in [6, 6.07) is 3.79. The quantitative estimate of drug-likeness (QED) is 0.628. The monoisotopic (exact) mass is 423 g/mol. The summed E-state index contributed by atoms with van der Waals surface area (Å²) in [5.74, 6) is -0.430. The molecule has 1 fully saturated rings. The van der Waals surface area contributed by atoms with Crippen LogP contribution in [0.4, 0.5) is 15.9 Å². The molecule has 1 saturated carbocycles. The zero-order valence-corrected chi connectivity index (χ0v) is 16.1. The average Bonchev–Trinajstić information content (AvgIpc) is 3.20. The number of fused-ring (bicyclic) bond motifs is 2. The number of nitrogens with one attached hydrogen (secondary N) is 2. The van der Waals surface area contributed by atoms with E-state index in [-0.39, 0.29) is 5.91 Å². The van der Waals surface area contributed by atoms with E-state index in [4.69, 9.17) is 4.98 Å². The number of anilines is 2. The van der Waals surface area contributed by atoms with Crippen LogP contribution in [0.25, 0.3) is 22.0 Å². The maximum atomic E-state index is 13.1. The maximum absolute atomic E-state index is 13.1. The van der Waals surface area contributed by atoms with E-state index in [1.807, 2.05) is 18.5 Å². The molecule has 0 unspecified atom stereocenters. The Morgan fingerprint density at radius 3 is 2.96 bits per heavy atom. The van der Waals surface area contributed by atoms with Gasteiger partial charge in [-0.1, -0.05) is 0 Å². The normalized spacial score (nSPS) is 20.2. The van der Waals surface area contributed by atoms with Crippen molar-refractivity contribution in [2.45, 2.75) is 19.0 Å². The molecule has 6 nitrogen and oxygen atoms in total. The predicted molar refractivity (Wildman–Crippen MR) is 102 cm³/mol. The van der Waals surface area contributed by atoms with Crippen LogP contribution in [-0.2, 0) is 11.2 Å². The predicted octanol–water partition coefficient (Wildman–Crippen LogP) is 1.75. The molecule has 8 heteroatoms. The molecule has 1 amide bonds. The van der Waals surface area contributed by atoms with Gasteiger partial charge in [-0.2, -0.15) is 0 Å². The van der Waals surface area contributed by atoms with E-state index in [0.29, 0.717) is 12.2 Å². The van der Waals surface area contributed by atoms with Crippen molar-refractivity contribution in [2.24, 2.45) is 5.92 Å². The Morgan fingerprint density at radius 2 is 2.15 bits per heavy atom. The molecule has 0 bridgehead atoms. The summed E-state index contributed by atoms with van der Waals surface area (Å²) in [7, 11) is 0. The van der Waals surface area contributed by atoms with Crippen molar-refractivity contribution in [1.82, 2.24) is 15.0 Å². The molecule has 4 heterocycles. The van der Waals surface area contributed by atoms with E-state index in [2.05, 4.69) is 37.5 Å². The van der Waals surface area contributed by atoms with Gasteiger partial charge in [0.2, 0.25) is 0 Å². The van der Waals surface area contributed by atoms with Crippen molar-refractivity contribution in [1.29, 1.82) is 0 Å². The van der Waals surface area contributed by atoms with Gasteiger partial charge in [0, 0.05) is 0 Å². The molecule has 3 aromatic rings. The van der Waals surface area contributed by atoms with Gasteiger partial charge in [0.15, 0.2) is 0 Å². The molecule has 2 radical (unpaired) electrons. The number of alkyl halides is 1. The summed E-state index contributed by atoms with van der Waals surface area (Å²) in [5, 5.41) is 7.85. The van der Waals surface area contributed by atoms with Crippen LogP contribution in [0.2, 0.25) is 0 Å². The number of carbonyl (C=O) groups excluding carboxylic acids is 1. The first-order valence-electron chi connectivity index (χ1n) is 8.76. The van der Waals surface area contributed by atoms with Gasteiger partial charge in [-0.25, -0.2) is 0 Å². The molecule has 2 aliphatic rings. The van der Waals surface area contributed by atoms with Crippen LogP contribution in [0.1, 0.15) is 12.0 Å². The molecule has 3 aromatic heterocycles. The fraction of sp³-hybridized carbons (Fsp3) is 0.263. The zero-order valence-electron chi connectivity index (χ0n) is 14.2. The van der Waals surface area contributed by atoms with Gasteiger partial charge in [0.1, 0.15) is 0 Å². The topological polar surface area (TPSA) is 79.8 Å². The molecule has 134 valence electrons. The summed E-state index contributed by atoms with van der Waals surface area (Å²) < 4.78 is 13.9. The second-order valence-electron chi connectivity index (χ2n) is 6.86. The molecule has 1 aliphatic carbocycles. The van der Waals surface area contributed by atoms with Gasteiger partial charge in [-0.15, -0.1) is 0 Å². The van der Waals surface area contributed by atoms with Crippen LogP contribution in [0.15, 0.2) is 30.7 Å². The number of halogens is 1. The first kappa shape index (κ1) is 16.6. The third kappa shape index (κ3) is 2.96. The van der Waals surface area contributed by atoms with E-state index in [1.165, 1.54) is 5.56 Å². The number of aromatic nitrogens is 3. The molecule has 0 spiro atoms. The van der Waals surface area contributed by atoms with E-state index < -0.39 is 12.1 Å². The first-order valence-corrected chi connectivity index (χ1v) is 9.70. The van der Waals surface area contributed by atoms with Gasteiger partial charge in [0.05, 0.1) is 0 Å². The summed E-state index contributed by atoms with van der Waals surface area (Å²) >= 11 is 2.47. The van der Waals surface area contributed by atoms with E-state index in [1.54, 1.807) is 12.3 Å². The number of nitrogens with zero attached hydrogens (tertiary/aromatic N) is 3. The SMILES string of the molecule is O=C(Nc1cc2cc(-c3cncc4c3CCN4)nc([As])c2cn1)[C@@H]1C[C@@H]1F. The molecule has 0 saturated heterocycles. The van der Waals surface area contributed by atoms with E-state index >= 15 is 0 Å². The second-order valence-corrected chi connectivity index (χ2v) is 7.75. The Morgan fingerprint density at radius 1 is 1.30 bits per heavy atom. The number of hydrogen-bond donors (Lipinski definition) is 2. The summed E-state index contributed by atoms with van der Waals surface area (Å²) in [5.41, 5.74) is 4.11. The summed E-state index contributed by atoms with van der Waals surface area (Å²) in [4.78, 5) is 25.3. The van der Waals surface area contributed by atoms with Gasteiger partial charge in [-0.05, 0) is 0 Å². The molecule has 1 aliphatic heterocycles. The third-order valence-electron chi connectivity index (χ3n) is 5.02. The Kier molecular flexibility index (Phi) is 3.86. The fourth-order valence-corrected chi connectivity index (χ4v) is 4.06.